The zero-order valence-corrected chi connectivity index (χ0v) is 25.2. The Morgan fingerprint density at radius 1 is 1.18 bits per heavy atom. The van der Waals surface area contributed by atoms with Crippen LogP contribution in [-0.2, 0) is 11.3 Å². The summed E-state index contributed by atoms with van der Waals surface area (Å²) in [5.41, 5.74) is 1.93. The third-order valence-corrected chi connectivity index (χ3v) is 9.17. The van der Waals surface area contributed by atoms with Crippen LogP contribution in [0.15, 0.2) is 41.1 Å². The Labute approximate surface area is 238 Å². The van der Waals surface area contributed by atoms with Crippen LogP contribution in [0.3, 0.4) is 0 Å². The molecule has 218 valence electrons. The first kappa shape index (κ1) is 29.5. The van der Waals surface area contributed by atoms with E-state index in [4.69, 9.17) is 14.2 Å². The molecule has 0 N–H and O–H groups in total. The molecule has 1 aromatic carbocycles. The number of urea groups is 2. The summed E-state index contributed by atoms with van der Waals surface area (Å²) < 4.78 is 16.6. The minimum absolute atomic E-state index is 0.0557. The number of piperidine rings is 1. The number of nitrogens with zero attached hydrogens (tertiary/aromatic N) is 4. The molecule has 40 heavy (non-hydrogen) atoms. The zero-order valence-electron chi connectivity index (χ0n) is 25.2. The number of carbonyl (C=O) groups is 2. The van der Waals surface area contributed by atoms with Gasteiger partial charge in [0.25, 0.3) is 0 Å². The van der Waals surface area contributed by atoms with Gasteiger partial charge in [-0.15, -0.1) is 0 Å². The van der Waals surface area contributed by atoms with Gasteiger partial charge < -0.3 is 28.9 Å². The SMILES string of the molecule is C/C=C\C(/C=C(\C)OC)=NC(=O)N1CCC2(CC1)N(CC)C(=O)N1Cc3cc(OC)cc(OC)c3C(C)CC12C. The van der Waals surface area contributed by atoms with Gasteiger partial charge in [0.15, 0.2) is 0 Å². The molecule has 3 aliphatic rings. The highest BCUT2D eigenvalue weighted by Gasteiger charge is 2.65. The average Bonchev–Trinajstić information content (AvgIpc) is 3.02. The molecule has 0 aromatic heterocycles. The Bertz CT molecular complexity index is 1230. The summed E-state index contributed by atoms with van der Waals surface area (Å²) in [7, 11) is 4.93. The normalized spacial score (nSPS) is 24.8. The molecule has 4 amide bonds. The standard InChI is InChI=1S/C31H44N4O5/c1-9-11-24(16-22(4)38-6)32-28(36)33-14-12-31(13-15-33)30(5)19-21(3)27-23(17-25(39-7)18-26(27)40-8)20-35(30)29(37)34(31)10-2/h9,11,16-18,21H,10,12-15,19-20H2,1-8H3/b11-9-,22-16+,32-24?. The topological polar surface area (TPSA) is 83.9 Å². The van der Waals surface area contributed by atoms with Gasteiger partial charge in [-0.05, 0) is 70.6 Å². The molecule has 0 saturated carbocycles. The number of methoxy groups -OCH3 is 3. The van der Waals surface area contributed by atoms with Gasteiger partial charge in [-0.25, -0.2) is 9.59 Å². The van der Waals surface area contributed by atoms with Gasteiger partial charge in [-0.1, -0.05) is 13.0 Å². The predicted octanol–water partition coefficient (Wildman–Crippen LogP) is 5.75. The highest BCUT2D eigenvalue weighted by molar-refractivity contribution is 6.09. The minimum atomic E-state index is -0.427. The molecule has 0 bridgehead atoms. The van der Waals surface area contributed by atoms with Crippen LogP contribution in [0.4, 0.5) is 9.59 Å². The van der Waals surface area contributed by atoms with E-state index in [-0.39, 0.29) is 18.0 Å². The minimum Gasteiger partial charge on any atom is -0.501 e. The van der Waals surface area contributed by atoms with Crippen LogP contribution < -0.4 is 9.47 Å². The van der Waals surface area contributed by atoms with Crippen molar-refractivity contribution in [2.45, 2.75) is 77.4 Å². The van der Waals surface area contributed by atoms with Crippen molar-refractivity contribution in [3.63, 3.8) is 0 Å². The summed E-state index contributed by atoms with van der Waals surface area (Å²) in [6, 6.07) is 3.76. The number of benzene rings is 1. The number of amides is 4. The van der Waals surface area contributed by atoms with Gasteiger partial charge in [0.05, 0.1) is 43.9 Å². The average molecular weight is 553 g/mol. The first-order valence-electron chi connectivity index (χ1n) is 14.2. The molecule has 1 aromatic rings. The molecule has 9 heteroatoms. The van der Waals surface area contributed by atoms with E-state index in [1.165, 1.54) is 0 Å². The number of hydrogen-bond donors (Lipinski definition) is 0. The van der Waals surface area contributed by atoms with Crippen molar-refractivity contribution < 1.29 is 23.8 Å². The van der Waals surface area contributed by atoms with E-state index in [0.717, 1.165) is 29.0 Å². The molecule has 0 aliphatic carbocycles. The van der Waals surface area contributed by atoms with Crippen LogP contribution in [0.1, 0.15) is 70.9 Å². The van der Waals surface area contributed by atoms with E-state index in [9.17, 15) is 9.59 Å². The van der Waals surface area contributed by atoms with E-state index in [1.807, 2.05) is 32.1 Å². The predicted molar refractivity (Wildman–Crippen MR) is 156 cm³/mol. The van der Waals surface area contributed by atoms with E-state index >= 15 is 0 Å². The quantitative estimate of drug-likeness (QED) is 0.332. The first-order chi connectivity index (χ1) is 19.1. The highest BCUT2D eigenvalue weighted by atomic mass is 16.5. The molecule has 4 rings (SSSR count). The second-order valence-corrected chi connectivity index (χ2v) is 11.2. The molecule has 2 unspecified atom stereocenters. The van der Waals surface area contributed by atoms with Crippen molar-refractivity contribution in [2.24, 2.45) is 4.99 Å². The number of allylic oxidation sites excluding steroid dienone is 4. The lowest BCUT2D eigenvalue weighted by molar-refractivity contribution is 0.00548. The van der Waals surface area contributed by atoms with Gasteiger partial charge in [0.2, 0.25) is 0 Å². The Morgan fingerprint density at radius 2 is 1.88 bits per heavy atom. The fourth-order valence-electron chi connectivity index (χ4n) is 7.18. The number of fused-ring (bicyclic) bond motifs is 3. The van der Waals surface area contributed by atoms with Gasteiger partial charge in [-0.2, -0.15) is 4.99 Å². The molecule has 2 atom stereocenters. The van der Waals surface area contributed by atoms with E-state index in [0.29, 0.717) is 50.5 Å². The second-order valence-electron chi connectivity index (χ2n) is 11.2. The Morgan fingerprint density at radius 3 is 2.45 bits per heavy atom. The van der Waals surface area contributed by atoms with Crippen LogP contribution >= 0.6 is 0 Å². The number of rotatable bonds is 6. The molecular weight excluding hydrogens is 508 g/mol. The van der Waals surface area contributed by atoms with Crippen molar-refractivity contribution in [3.05, 3.63) is 47.2 Å². The van der Waals surface area contributed by atoms with Crippen LogP contribution in [0.25, 0.3) is 0 Å². The van der Waals surface area contributed by atoms with Crippen molar-refractivity contribution in [1.82, 2.24) is 14.7 Å². The van der Waals surface area contributed by atoms with E-state index in [2.05, 4.69) is 35.6 Å². The molecule has 2 fully saturated rings. The Balaban J connectivity index is 1.66. The van der Waals surface area contributed by atoms with Crippen LogP contribution in [0, 0.1) is 0 Å². The van der Waals surface area contributed by atoms with E-state index < -0.39 is 11.1 Å². The number of likely N-dealkylation sites (N-methyl/N-ethyl adjacent to an activating group) is 1. The summed E-state index contributed by atoms with van der Waals surface area (Å²) in [6.07, 6.45) is 7.58. The lowest BCUT2D eigenvalue weighted by Crippen LogP contribution is -2.64. The summed E-state index contributed by atoms with van der Waals surface area (Å²) in [4.78, 5) is 37.6. The third kappa shape index (κ3) is 4.84. The number of ether oxygens (including phenoxy) is 3. The fourth-order valence-corrected chi connectivity index (χ4v) is 7.18. The smallest absolute Gasteiger partial charge is 0.344 e. The maximum atomic E-state index is 14.1. The van der Waals surface area contributed by atoms with Crippen molar-refractivity contribution in [3.8, 4) is 11.5 Å². The lowest BCUT2D eigenvalue weighted by Gasteiger charge is -2.52. The first-order valence-corrected chi connectivity index (χ1v) is 14.2. The zero-order chi connectivity index (χ0) is 29.2. The molecule has 0 radical (unpaired) electrons. The van der Waals surface area contributed by atoms with Crippen molar-refractivity contribution in [1.29, 1.82) is 0 Å². The molecule has 3 heterocycles. The van der Waals surface area contributed by atoms with Gasteiger partial charge >= 0.3 is 12.1 Å². The molecular formula is C31H44N4O5. The van der Waals surface area contributed by atoms with E-state index in [1.54, 1.807) is 38.4 Å². The van der Waals surface area contributed by atoms with Crippen molar-refractivity contribution in [2.75, 3.05) is 41.0 Å². The number of hydrogen-bond acceptors (Lipinski definition) is 5. The maximum absolute atomic E-state index is 14.1. The number of carbonyl (C=O) groups excluding carboxylic acids is 2. The largest absolute Gasteiger partial charge is 0.501 e. The third-order valence-electron chi connectivity index (χ3n) is 9.17. The molecule has 1 spiro atoms. The summed E-state index contributed by atoms with van der Waals surface area (Å²) in [6.45, 7) is 12.4. The van der Waals surface area contributed by atoms with Crippen LogP contribution in [-0.4, -0.2) is 84.5 Å². The maximum Gasteiger partial charge on any atom is 0.344 e. The summed E-state index contributed by atoms with van der Waals surface area (Å²) in [5, 5.41) is 0. The summed E-state index contributed by atoms with van der Waals surface area (Å²) in [5.74, 6) is 2.36. The van der Waals surface area contributed by atoms with Crippen molar-refractivity contribution >= 4 is 17.8 Å². The second kappa shape index (κ2) is 11.6. The van der Waals surface area contributed by atoms with Gasteiger partial charge in [0, 0.05) is 43.9 Å². The fraction of sp³-hybridized carbons (Fsp3) is 0.581. The Kier molecular flexibility index (Phi) is 8.52. The van der Waals surface area contributed by atoms with Crippen LogP contribution in [0.2, 0.25) is 0 Å². The molecule has 2 saturated heterocycles. The lowest BCUT2D eigenvalue weighted by atomic mass is 9.67. The number of aliphatic imine (C=N–C) groups is 1. The number of likely N-dealkylation sites (tertiary alicyclic amines) is 1. The molecule has 3 aliphatic heterocycles. The van der Waals surface area contributed by atoms with Gasteiger partial charge in [-0.3, -0.25) is 0 Å². The highest BCUT2D eigenvalue weighted by Crippen LogP contribution is 2.55. The monoisotopic (exact) mass is 552 g/mol. The summed E-state index contributed by atoms with van der Waals surface area (Å²) >= 11 is 0. The molecule has 9 nitrogen and oxygen atoms in total. The van der Waals surface area contributed by atoms with Gasteiger partial charge in [0.1, 0.15) is 11.5 Å². The van der Waals surface area contributed by atoms with Crippen LogP contribution in [0.5, 0.6) is 11.5 Å². The Hall–Kier alpha value is -3.49.